The first-order chi connectivity index (χ1) is 11.6. The number of aromatic nitrogens is 1. The summed E-state index contributed by atoms with van der Waals surface area (Å²) in [5.41, 5.74) is 5.68. The lowest BCUT2D eigenvalue weighted by molar-refractivity contribution is 0.310. The fourth-order valence-corrected chi connectivity index (χ4v) is 4.70. The number of fused-ring (bicyclic) bond motifs is 3. The van der Waals surface area contributed by atoms with E-state index >= 15 is 0 Å². The molecule has 2 aromatic heterocycles. The minimum atomic E-state index is 0.962. The summed E-state index contributed by atoms with van der Waals surface area (Å²) in [5, 5.41) is 1.47. The van der Waals surface area contributed by atoms with Gasteiger partial charge in [-0.2, -0.15) is 0 Å². The second-order valence-corrected chi connectivity index (χ2v) is 8.15. The van der Waals surface area contributed by atoms with E-state index in [0.29, 0.717) is 0 Å². The van der Waals surface area contributed by atoms with Gasteiger partial charge in [0.05, 0.1) is 0 Å². The lowest BCUT2D eigenvalue weighted by Crippen LogP contribution is -2.27. The number of allylic oxidation sites excluding steroid dienone is 1. The molecule has 124 valence electrons. The zero-order valence-electron chi connectivity index (χ0n) is 14.7. The van der Waals surface area contributed by atoms with Crippen LogP contribution in [0.1, 0.15) is 27.3 Å². The SMILES string of the molecule is Cc1ccc(C=CCn2c3c(c4cc(C)sc42)CN(C)CC3)cc1. The third kappa shape index (κ3) is 2.83. The molecule has 4 rings (SSSR count). The molecule has 0 fully saturated rings. The number of nitrogens with zero attached hydrogens (tertiary/aromatic N) is 2. The Morgan fingerprint density at radius 3 is 2.75 bits per heavy atom. The van der Waals surface area contributed by atoms with Gasteiger partial charge < -0.3 is 9.47 Å². The molecule has 24 heavy (non-hydrogen) atoms. The fourth-order valence-electron chi connectivity index (χ4n) is 3.63. The van der Waals surface area contributed by atoms with Gasteiger partial charge in [0, 0.05) is 42.0 Å². The molecule has 0 aliphatic carbocycles. The Morgan fingerprint density at radius 1 is 1.17 bits per heavy atom. The summed E-state index contributed by atoms with van der Waals surface area (Å²) in [6.45, 7) is 7.55. The van der Waals surface area contributed by atoms with Gasteiger partial charge in [0.25, 0.3) is 0 Å². The van der Waals surface area contributed by atoms with Crippen LogP contribution in [0, 0.1) is 13.8 Å². The monoisotopic (exact) mass is 336 g/mol. The van der Waals surface area contributed by atoms with Crippen molar-refractivity contribution in [2.75, 3.05) is 13.6 Å². The number of likely N-dealkylation sites (N-methyl/N-ethyl adjacent to an activating group) is 1. The maximum Gasteiger partial charge on any atom is 0.103 e. The molecule has 1 aliphatic heterocycles. The van der Waals surface area contributed by atoms with Crippen molar-refractivity contribution in [2.45, 2.75) is 33.4 Å². The lowest BCUT2D eigenvalue weighted by Gasteiger charge is -2.24. The Kier molecular flexibility index (Phi) is 4.07. The van der Waals surface area contributed by atoms with E-state index in [1.54, 1.807) is 11.3 Å². The smallest absolute Gasteiger partial charge is 0.103 e. The Labute approximate surface area is 148 Å². The molecule has 3 heteroatoms. The van der Waals surface area contributed by atoms with Crippen LogP contribution in [0.2, 0.25) is 0 Å². The van der Waals surface area contributed by atoms with Crippen molar-refractivity contribution in [1.29, 1.82) is 0 Å². The van der Waals surface area contributed by atoms with Crippen molar-refractivity contribution in [1.82, 2.24) is 9.47 Å². The standard InChI is InChI=1S/C21H24N2S/c1-15-6-8-17(9-7-15)5-4-11-23-20-10-12-22(3)14-19(20)18-13-16(2)24-21(18)23/h4-9,13H,10-12,14H2,1-3H3. The van der Waals surface area contributed by atoms with Crippen LogP contribution in [0.4, 0.5) is 0 Å². The van der Waals surface area contributed by atoms with Crippen molar-refractivity contribution in [3.8, 4) is 0 Å². The summed E-state index contributed by atoms with van der Waals surface area (Å²) < 4.78 is 2.54. The second kappa shape index (κ2) is 6.23. The summed E-state index contributed by atoms with van der Waals surface area (Å²) in [6.07, 6.45) is 5.70. The van der Waals surface area contributed by atoms with E-state index in [9.17, 15) is 0 Å². The van der Waals surface area contributed by atoms with Crippen LogP contribution >= 0.6 is 11.3 Å². The van der Waals surface area contributed by atoms with Gasteiger partial charge in [-0.15, -0.1) is 11.3 Å². The summed E-state index contributed by atoms with van der Waals surface area (Å²) in [4.78, 5) is 5.29. The highest BCUT2D eigenvalue weighted by Gasteiger charge is 2.23. The van der Waals surface area contributed by atoms with Crippen molar-refractivity contribution >= 4 is 27.6 Å². The first kappa shape index (κ1) is 15.7. The predicted molar refractivity (Wildman–Crippen MR) is 105 cm³/mol. The van der Waals surface area contributed by atoms with Crippen LogP contribution in [0.25, 0.3) is 16.3 Å². The van der Waals surface area contributed by atoms with E-state index in [2.05, 4.69) is 72.8 Å². The number of hydrogen-bond donors (Lipinski definition) is 0. The van der Waals surface area contributed by atoms with Crippen molar-refractivity contribution in [2.24, 2.45) is 0 Å². The van der Waals surface area contributed by atoms with Gasteiger partial charge in [0.2, 0.25) is 0 Å². The lowest BCUT2D eigenvalue weighted by atomic mass is 10.1. The molecule has 0 saturated heterocycles. The maximum atomic E-state index is 2.54. The van der Waals surface area contributed by atoms with Gasteiger partial charge in [-0.25, -0.2) is 0 Å². The molecule has 0 radical (unpaired) electrons. The van der Waals surface area contributed by atoms with Gasteiger partial charge in [-0.1, -0.05) is 42.0 Å². The molecule has 0 spiro atoms. The molecule has 0 amide bonds. The molecule has 0 N–H and O–H groups in total. The molecule has 2 nitrogen and oxygen atoms in total. The van der Waals surface area contributed by atoms with E-state index in [0.717, 1.165) is 26.1 Å². The molecule has 1 aliphatic rings. The number of thiophene rings is 1. The summed E-state index contributed by atoms with van der Waals surface area (Å²) in [7, 11) is 2.22. The highest BCUT2D eigenvalue weighted by molar-refractivity contribution is 7.18. The zero-order chi connectivity index (χ0) is 16.7. The van der Waals surface area contributed by atoms with Gasteiger partial charge in [0.1, 0.15) is 4.83 Å². The first-order valence-corrected chi connectivity index (χ1v) is 9.45. The fraction of sp³-hybridized carbons (Fsp3) is 0.333. The van der Waals surface area contributed by atoms with E-state index in [1.807, 2.05) is 11.3 Å². The molecule has 3 aromatic rings. The van der Waals surface area contributed by atoms with Gasteiger partial charge in [-0.3, -0.25) is 0 Å². The normalized spacial score (nSPS) is 15.5. The van der Waals surface area contributed by atoms with E-state index < -0.39 is 0 Å². The van der Waals surface area contributed by atoms with E-state index in [1.165, 1.54) is 26.2 Å². The average Bonchev–Trinajstić information content (AvgIpc) is 3.06. The molecule has 1 aromatic carbocycles. The van der Waals surface area contributed by atoms with Crippen molar-refractivity contribution in [3.63, 3.8) is 0 Å². The highest BCUT2D eigenvalue weighted by atomic mass is 32.1. The summed E-state index contributed by atoms with van der Waals surface area (Å²) in [6, 6.07) is 11.1. The molecule has 0 unspecified atom stereocenters. The van der Waals surface area contributed by atoms with Crippen LogP contribution in [0.3, 0.4) is 0 Å². The van der Waals surface area contributed by atoms with Gasteiger partial charge >= 0.3 is 0 Å². The average molecular weight is 337 g/mol. The van der Waals surface area contributed by atoms with Crippen LogP contribution in [-0.4, -0.2) is 23.1 Å². The van der Waals surface area contributed by atoms with Crippen LogP contribution in [-0.2, 0) is 19.5 Å². The Hall–Kier alpha value is -1.84. The number of benzene rings is 1. The van der Waals surface area contributed by atoms with Crippen molar-refractivity contribution < 1.29 is 0 Å². The Bertz CT molecular complexity index is 896. The third-order valence-corrected chi connectivity index (χ3v) is 5.99. The number of rotatable bonds is 3. The Balaban J connectivity index is 1.67. The molecule has 0 saturated carbocycles. The first-order valence-electron chi connectivity index (χ1n) is 8.64. The molecular weight excluding hydrogens is 312 g/mol. The predicted octanol–water partition coefficient (Wildman–Crippen LogP) is 5.02. The number of hydrogen-bond acceptors (Lipinski definition) is 2. The third-order valence-electron chi connectivity index (χ3n) is 4.91. The largest absolute Gasteiger partial charge is 0.332 e. The summed E-state index contributed by atoms with van der Waals surface area (Å²) in [5.74, 6) is 0. The Morgan fingerprint density at radius 2 is 1.96 bits per heavy atom. The minimum absolute atomic E-state index is 0.962. The summed E-state index contributed by atoms with van der Waals surface area (Å²) >= 11 is 1.93. The van der Waals surface area contributed by atoms with Gasteiger partial charge in [0.15, 0.2) is 0 Å². The quantitative estimate of drug-likeness (QED) is 0.652. The minimum Gasteiger partial charge on any atom is -0.332 e. The topological polar surface area (TPSA) is 8.17 Å². The van der Waals surface area contributed by atoms with Crippen LogP contribution in [0.5, 0.6) is 0 Å². The van der Waals surface area contributed by atoms with Crippen LogP contribution in [0.15, 0.2) is 36.4 Å². The van der Waals surface area contributed by atoms with E-state index in [-0.39, 0.29) is 0 Å². The van der Waals surface area contributed by atoms with Crippen LogP contribution < -0.4 is 0 Å². The highest BCUT2D eigenvalue weighted by Crippen LogP contribution is 2.35. The maximum absolute atomic E-state index is 2.54. The zero-order valence-corrected chi connectivity index (χ0v) is 15.5. The number of aryl methyl sites for hydroxylation is 2. The molecule has 0 bridgehead atoms. The molecule has 3 heterocycles. The molecular formula is C21H24N2S. The molecule has 0 atom stereocenters. The van der Waals surface area contributed by atoms with Crippen molar-refractivity contribution in [3.05, 3.63) is 63.7 Å². The second-order valence-electron chi connectivity index (χ2n) is 6.91. The van der Waals surface area contributed by atoms with Gasteiger partial charge in [-0.05, 0) is 38.1 Å². The van der Waals surface area contributed by atoms with E-state index in [4.69, 9.17) is 0 Å².